The number of thioether (sulfide) groups is 1. The van der Waals surface area contributed by atoms with Crippen molar-refractivity contribution in [2.75, 3.05) is 25.0 Å². The quantitative estimate of drug-likeness (QED) is 0.334. The summed E-state index contributed by atoms with van der Waals surface area (Å²) in [7, 11) is 0. The van der Waals surface area contributed by atoms with Gasteiger partial charge >= 0.3 is 0 Å². The average Bonchev–Trinajstić information content (AvgIpc) is 3.14. The minimum absolute atomic E-state index is 0.0225. The van der Waals surface area contributed by atoms with E-state index in [2.05, 4.69) is 43.4 Å². The second kappa shape index (κ2) is 11.2. The van der Waals surface area contributed by atoms with Gasteiger partial charge in [-0.1, -0.05) is 57.7 Å². The maximum atomic E-state index is 12.2. The first-order valence-electron chi connectivity index (χ1n) is 10.9. The van der Waals surface area contributed by atoms with Gasteiger partial charge in [-0.3, -0.25) is 4.79 Å². The molecule has 0 aliphatic rings. The van der Waals surface area contributed by atoms with E-state index in [0.717, 1.165) is 34.1 Å². The topological polar surface area (TPSA) is 94.0 Å². The number of para-hydroxylation sites is 1. The van der Waals surface area contributed by atoms with E-state index >= 15 is 0 Å². The van der Waals surface area contributed by atoms with E-state index in [1.54, 1.807) is 18.0 Å². The summed E-state index contributed by atoms with van der Waals surface area (Å²) < 4.78 is 7.41. The third-order valence-corrected chi connectivity index (χ3v) is 5.46. The summed E-state index contributed by atoms with van der Waals surface area (Å²) in [4.78, 5) is 21.6. The number of amides is 1. The zero-order chi connectivity index (χ0) is 23.1. The minimum Gasteiger partial charge on any atom is -0.484 e. The first-order valence-corrected chi connectivity index (χ1v) is 11.8. The molecular formula is C23H32N6O2S. The lowest BCUT2D eigenvalue weighted by molar-refractivity contribution is -0.123. The standard InChI is InChI=1S/C23H32N6O2S/c1-15(2)12-25-21-18-13-26-29(22(18)28-23(27-21)32-16(3)4)11-10-24-20(30)14-31-19-9-7-6-8-17(19)5/h6-9,13,15-16H,10-12,14H2,1-5H3,(H,24,30)(H,25,27,28). The van der Waals surface area contributed by atoms with Crippen molar-refractivity contribution in [1.29, 1.82) is 0 Å². The Bertz CT molecular complexity index is 1050. The summed E-state index contributed by atoms with van der Waals surface area (Å²) in [5.74, 6) is 1.84. The Morgan fingerprint density at radius 2 is 1.97 bits per heavy atom. The van der Waals surface area contributed by atoms with Crippen LogP contribution in [0.25, 0.3) is 11.0 Å². The van der Waals surface area contributed by atoms with Crippen molar-refractivity contribution in [2.45, 2.75) is 51.6 Å². The molecular weight excluding hydrogens is 424 g/mol. The number of rotatable bonds is 11. The smallest absolute Gasteiger partial charge is 0.258 e. The maximum absolute atomic E-state index is 12.2. The zero-order valence-corrected chi connectivity index (χ0v) is 20.2. The molecule has 2 N–H and O–H groups in total. The van der Waals surface area contributed by atoms with Gasteiger partial charge in [0.1, 0.15) is 11.6 Å². The van der Waals surface area contributed by atoms with Crippen LogP contribution < -0.4 is 15.4 Å². The van der Waals surface area contributed by atoms with Crippen LogP contribution in [-0.2, 0) is 11.3 Å². The van der Waals surface area contributed by atoms with Crippen LogP contribution in [0.5, 0.6) is 5.75 Å². The van der Waals surface area contributed by atoms with Crippen molar-refractivity contribution < 1.29 is 9.53 Å². The first kappa shape index (κ1) is 23.8. The number of aryl methyl sites for hydroxylation is 1. The fourth-order valence-corrected chi connectivity index (χ4v) is 3.72. The number of anilines is 1. The van der Waals surface area contributed by atoms with E-state index < -0.39 is 0 Å². The number of fused-ring (bicyclic) bond motifs is 1. The lowest BCUT2D eigenvalue weighted by Crippen LogP contribution is -2.31. The normalized spacial score (nSPS) is 11.3. The number of carbonyl (C=O) groups excluding carboxylic acids is 1. The molecule has 0 saturated heterocycles. The van der Waals surface area contributed by atoms with Gasteiger partial charge in [0.25, 0.3) is 5.91 Å². The van der Waals surface area contributed by atoms with E-state index in [9.17, 15) is 4.79 Å². The second-order valence-electron chi connectivity index (χ2n) is 8.31. The maximum Gasteiger partial charge on any atom is 0.258 e. The summed E-state index contributed by atoms with van der Waals surface area (Å²) >= 11 is 1.62. The van der Waals surface area contributed by atoms with Gasteiger partial charge in [0.15, 0.2) is 17.4 Å². The molecule has 2 aromatic heterocycles. The van der Waals surface area contributed by atoms with Gasteiger partial charge in [-0.05, 0) is 24.5 Å². The lowest BCUT2D eigenvalue weighted by Gasteiger charge is -2.12. The minimum atomic E-state index is -0.172. The van der Waals surface area contributed by atoms with Crippen LogP contribution in [0, 0.1) is 12.8 Å². The summed E-state index contributed by atoms with van der Waals surface area (Å²) in [5, 5.41) is 12.8. The molecule has 0 unspecified atom stereocenters. The van der Waals surface area contributed by atoms with Gasteiger partial charge in [-0.15, -0.1) is 0 Å². The Hall–Kier alpha value is -2.81. The van der Waals surface area contributed by atoms with E-state index in [4.69, 9.17) is 14.7 Å². The molecule has 9 heteroatoms. The average molecular weight is 457 g/mol. The van der Waals surface area contributed by atoms with Crippen LogP contribution in [-0.4, -0.2) is 50.6 Å². The van der Waals surface area contributed by atoms with Crippen molar-refractivity contribution >= 4 is 34.5 Å². The molecule has 0 bridgehead atoms. The SMILES string of the molecule is Cc1ccccc1OCC(=O)NCCn1ncc2c(NCC(C)C)nc(SC(C)C)nc21. The van der Waals surface area contributed by atoms with Gasteiger partial charge in [0, 0.05) is 18.3 Å². The predicted molar refractivity (Wildman–Crippen MR) is 129 cm³/mol. The van der Waals surface area contributed by atoms with Gasteiger partial charge in [0.2, 0.25) is 0 Å². The van der Waals surface area contributed by atoms with Crippen LogP contribution in [0.15, 0.2) is 35.6 Å². The molecule has 172 valence electrons. The van der Waals surface area contributed by atoms with Crippen molar-refractivity contribution in [2.24, 2.45) is 5.92 Å². The predicted octanol–water partition coefficient (Wildman–Crippen LogP) is 3.90. The van der Waals surface area contributed by atoms with Gasteiger partial charge in [-0.25, -0.2) is 14.6 Å². The van der Waals surface area contributed by atoms with Gasteiger partial charge in [0.05, 0.1) is 18.1 Å². The number of nitrogens with zero attached hydrogens (tertiary/aromatic N) is 4. The number of hydrogen-bond acceptors (Lipinski definition) is 7. The van der Waals surface area contributed by atoms with Crippen molar-refractivity contribution in [3.05, 3.63) is 36.0 Å². The molecule has 1 aromatic carbocycles. The largest absolute Gasteiger partial charge is 0.484 e. The molecule has 0 spiro atoms. The van der Waals surface area contributed by atoms with Crippen LogP contribution in [0.2, 0.25) is 0 Å². The van der Waals surface area contributed by atoms with Crippen LogP contribution in [0.4, 0.5) is 5.82 Å². The molecule has 0 saturated carbocycles. The number of nitrogens with one attached hydrogen (secondary N) is 2. The summed E-state index contributed by atoms with van der Waals surface area (Å²) in [6, 6.07) is 7.64. The summed E-state index contributed by atoms with van der Waals surface area (Å²) in [6.45, 7) is 12.2. The van der Waals surface area contributed by atoms with E-state index in [-0.39, 0.29) is 12.5 Å². The van der Waals surface area contributed by atoms with E-state index in [1.807, 2.05) is 35.9 Å². The Labute approximate surface area is 193 Å². The van der Waals surface area contributed by atoms with E-state index in [1.165, 1.54) is 0 Å². The fraction of sp³-hybridized carbons (Fsp3) is 0.478. The number of hydrogen-bond donors (Lipinski definition) is 2. The number of ether oxygens (including phenoxy) is 1. The molecule has 8 nitrogen and oxygen atoms in total. The molecule has 0 radical (unpaired) electrons. The van der Waals surface area contributed by atoms with Gasteiger partial charge in [-0.2, -0.15) is 5.10 Å². The van der Waals surface area contributed by atoms with Crippen LogP contribution >= 0.6 is 11.8 Å². The molecule has 0 fully saturated rings. The third-order valence-electron chi connectivity index (χ3n) is 4.59. The molecule has 2 heterocycles. The lowest BCUT2D eigenvalue weighted by atomic mass is 10.2. The Morgan fingerprint density at radius 1 is 1.19 bits per heavy atom. The first-order chi connectivity index (χ1) is 15.3. The highest BCUT2D eigenvalue weighted by molar-refractivity contribution is 7.99. The molecule has 32 heavy (non-hydrogen) atoms. The second-order valence-corrected chi connectivity index (χ2v) is 9.85. The molecule has 0 atom stereocenters. The molecule has 3 rings (SSSR count). The molecule has 3 aromatic rings. The van der Waals surface area contributed by atoms with Crippen molar-refractivity contribution in [1.82, 2.24) is 25.1 Å². The van der Waals surface area contributed by atoms with Crippen LogP contribution in [0.1, 0.15) is 33.3 Å². The van der Waals surface area contributed by atoms with Crippen LogP contribution in [0.3, 0.4) is 0 Å². The third kappa shape index (κ3) is 6.59. The Morgan fingerprint density at radius 3 is 2.69 bits per heavy atom. The number of benzene rings is 1. The van der Waals surface area contributed by atoms with Crippen molar-refractivity contribution in [3.63, 3.8) is 0 Å². The summed E-state index contributed by atoms with van der Waals surface area (Å²) in [6.07, 6.45) is 1.78. The zero-order valence-electron chi connectivity index (χ0n) is 19.4. The Balaban J connectivity index is 1.64. The number of aromatic nitrogens is 4. The fourth-order valence-electron chi connectivity index (χ4n) is 3.01. The van der Waals surface area contributed by atoms with Crippen molar-refractivity contribution in [3.8, 4) is 5.75 Å². The molecule has 0 aliphatic heterocycles. The van der Waals surface area contributed by atoms with E-state index in [0.29, 0.717) is 30.0 Å². The monoisotopic (exact) mass is 456 g/mol. The Kier molecular flexibility index (Phi) is 8.33. The molecule has 1 amide bonds. The number of carbonyl (C=O) groups is 1. The highest BCUT2D eigenvalue weighted by Gasteiger charge is 2.15. The highest BCUT2D eigenvalue weighted by atomic mass is 32.2. The highest BCUT2D eigenvalue weighted by Crippen LogP contribution is 2.26. The summed E-state index contributed by atoms with van der Waals surface area (Å²) in [5.41, 5.74) is 1.76. The van der Waals surface area contributed by atoms with Gasteiger partial charge < -0.3 is 15.4 Å². The molecule has 0 aliphatic carbocycles.